The van der Waals surface area contributed by atoms with Crippen molar-refractivity contribution in [3.05, 3.63) is 42.2 Å². The lowest BCUT2D eigenvalue weighted by molar-refractivity contribution is 0.0259. The first kappa shape index (κ1) is 13.3. The van der Waals surface area contributed by atoms with Gasteiger partial charge in [-0.3, -0.25) is 4.68 Å². The monoisotopic (exact) mass is 298 g/mol. The highest BCUT2D eigenvalue weighted by molar-refractivity contribution is 5.74. The van der Waals surface area contributed by atoms with Crippen LogP contribution in [-0.4, -0.2) is 40.6 Å². The van der Waals surface area contributed by atoms with E-state index in [1.165, 1.54) is 0 Å². The first-order valence-electron chi connectivity index (χ1n) is 7.49. The van der Waals surface area contributed by atoms with E-state index in [1.807, 2.05) is 48.3 Å². The van der Waals surface area contributed by atoms with Gasteiger partial charge >= 0.3 is 0 Å². The minimum Gasteiger partial charge on any atom is -0.423 e. The Morgan fingerprint density at radius 1 is 1.32 bits per heavy atom. The van der Waals surface area contributed by atoms with E-state index in [-0.39, 0.29) is 6.10 Å². The van der Waals surface area contributed by atoms with E-state index in [1.54, 1.807) is 0 Å². The van der Waals surface area contributed by atoms with Crippen molar-refractivity contribution in [3.63, 3.8) is 0 Å². The van der Waals surface area contributed by atoms with Crippen molar-refractivity contribution in [1.82, 2.24) is 14.8 Å². The molecule has 1 atom stereocenters. The SMILES string of the molecule is Cc1cnn(C[C@H]2CN(c3nc4ccccc4o3)CCO2)c1. The Morgan fingerprint density at radius 3 is 3.05 bits per heavy atom. The molecule has 1 aliphatic heterocycles. The van der Waals surface area contributed by atoms with E-state index < -0.39 is 0 Å². The van der Waals surface area contributed by atoms with E-state index in [0.717, 1.165) is 36.3 Å². The van der Waals surface area contributed by atoms with Crippen molar-refractivity contribution in [2.24, 2.45) is 0 Å². The molecule has 1 fully saturated rings. The van der Waals surface area contributed by atoms with Gasteiger partial charge in [0.25, 0.3) is 6.01 Å². The second-order valence-corrected chi connectivity index (χ2v) is 5.64. The molecule has 0 radical (unpaired) electrons. The number of oxazole rings is 1. The molecule has 0 amide bonds. The summed E-state index contributed by atoms with van der Waals surface area (Å²) < 4.78 is 13.6. The summed E-state index contributed by atoms with van der Waals surface area (Å²) in [7, 11) is 0. The lowest BCUT2D eigenvalue weighted by Crippen LogP contribution is -2.44. The fraction of sp³-hybridized carbons (Fsp3) is 0.375. The van der Waals surface area contributed by atoms with Gasteiger partial charge in [0.2, 0.25) is 0 Å². The smallest absolute Gasteiger partial charge is 0.298 e. The molecule has 1 aliphatic rings. The lowest BCUT2D eigenvalue weighted by Gasteiger charge is -2.31. The summed E-state index contributed by atoms with van der Waals surface area (Å²) in [5, 5.41) is 4.32. The van der Waals surface area contributed by atoms with Crippen LogP contribution in [0.2, 0.25) is 0 Å². The van der Waals surface area contributed by atoms with Gasteiger partial charge in [0.05, 0.1) is 32.0 Å². The number of fused-ring (bicyclic) bond motifs is 1. The number of nitrogens with zero attached hydrogens (tertiary/aromatic N) is 4. The average Bonchev–Trinajstić information content (AvgIpc) is 3.13. The van der Waals surface area contributed by atoms with Crippen LogP contribution in [0, 0.1) is 6.92 Å². The Kier molecular flexibility index (Phi) is 3.31. The average molecular weight is 298 g/mol. The molecule has 1 saturated heterocycles. The second-order valence-electron chi connectivity index (χ2n) is 5.64. The van der Waals surface area contributed by atoms with Crippen LogP contribution in [0.5, 0.6) is 0 Å². The number of benzene rings is 1. The predicted molar refractivity (Wildman–Crippen MR) is 82.9 cm³/mol. The number of hydrogen-bond acceptors (Lipinski definition) is 5. The van der Waals surface area contributed by atoms with Crippen LogP contribution < -0.4 is 4.90 Å². The molecule has 0 bridgehead atoms. The van der Waals surface area contributed by atoms with E-state index in [9.17, 15) is 0 Å². The Hall–Kier alpha value is -2.34. The van der Waals surface area contributed by atoms with Crippen LogP contribution in [0.4, 0.5) is 6.01 Å². The summed E-state index contributed by atoms with van der Waals surface area (Å²) in [6.45, 7) is 5.00. The molecule has 3 heterocycles. The Morgan fingerprint density at radius 2 is 2.23 bits per heavy atom. The molecule has 1 aromatic carbocycles. The summed E-state index contributed by atoms with van der Waals surface area (Å²) in [5.41, 5.74) is 2.87. The number of aromatic nitrogens is 3. The number of morpholine rings is 1. The van der Waals surface area contributed by atoms with E-state index >= 15 is 0 Å². The number of rotatable bonds is 3. The van der Waals surface area contributed by atoms with Gasteiger partial charge < -0.3 is 14.1 Å². The molecular weight excluding hydrogens is 280 g/mol. The molecule has 0 unspecified atom stereocenters. The molecule has 4 rings (SSSR count). The van der Waals surface area contributed by atoms with Crippen molar-refractivity contribution in [2.75, 3.05) is 24.6 Å². The lowest BCUT2D eigenvalue weighted by atomic mass is 10.3. The largest absolute Gasteiger partial charge is 0.423 e. The third kappa shape index (κ3) is 2.57. The van der Waals surface area contributed by atoms with Crippen molar-refractivity contribution in [3.8, 4) is 0 Å². The van der Waals surface area contributed by atoms with E-state index in [0.29, 0.717) is 12.6 Å². The minimum atomic E-state index is 0.0862. The summed E-state index contributed by atoms with van der Waals surface area (Å²) in [6.07, 6.45) is 3.98. The van der Waals surface area contributed by atoms with Crippen LogP contribution in [0.3, 0.4) is 0 Å². The van der Waals surface area contributed by atoms with Crippen LogP contribution in [0.25, 0.3) is 11.1 Å². The first-order valence-corrected chi connectivity index (χ1v) is 7.49. The number of ether oxygens (including phenoxy) is 1. The highest BCUT2D eigenvalue weighted by Crippen LogP contribution is 2.23. The molecule has 22 heavy (non-hydrogen) atoms. The van der Waals surface area contributed by atoms with Gasteiger partial charge in [0, 0.05) is 12.7 Å². The van der Waals surface area contributed by atoms with E-state index in [4.69, 9.17) is 9.15 Å². The maximum absolute atomic E-state index is 5.85. The molecule has 0 spiro atoms. The van der Waals surface area contributed by atoms with Gasteiger partial charge in [0.1, 0.15) is 5.52 Å². The third-order valence-corrected chi connectivity index (χ3v) is 3.84. The number of anilines is 1. The number of hydrogen-bond donors (Lipinski definition) is 0. The summed E-state index contributed by atoms with van der Waals surface area (Å²) in [6, 6.07) is 8.51. The molecule has 3 aromatic rings. The fourth-order valence-electron chi connectivity index (χ4n) is 2.77. The van der Waals surface area contributed by atoms with Crippen molar-refractivity contribution < 1.29 is 9.15 Å². The first-order chi connectivity index (χ1) is 10.8. The zero-order valence-electron chi connectivity index (χ0n) is 12.5. The maximum atomic E-state index is 5.85. The van der Waals surface area contributed by atoms with Crippen LogP contribution in [0.15, 0.2) is 41.1 Å². The van der Waals surface area contributed by atoms with Gasteiger partial charge in [-0.1, -0.05) is 12.1 Å². The van der Waals surface area contributed by atoms with Crippen molar-refractivity contribution >= 4 is 17.1 Å². The Balaban J connectivity index is 1.50. The van der Waals surface area contributed by atoms with Gasteiger partial charge in [0.15, 0.2) is 5.58 Å². The van der Waals surface area contributed by atoms with Gasteiger partial charge in [-0.05, 0) is 24.6 Å². The quantitative estimate of drug-likeness (QED) is 0.742. The van der Waals surface area contributed by atoms with E-state index in [2.05, 4.69) is 15.0 Å². The van der Waals surface area contributed by atoms with Gasteiger partial charge in [-0.25, -0.2) is 0 Å². The summed E-state index contributed by atoms with van der Waals surface area (Å²) >= 11 is 0. The molecular formula is C16H18N4O2. The molecule has 114 valence electrons. The van der Waals surface area contributed by atoms with Gasteiger partial charge in [-0.15, -0.1) is 0 Å². The second kappa shape index (κ2) is 5.46. The number of para-hydroxylation sites is 2. The maximum Gasteiger partial charge on any atom is 0.298 e. The summed E-state index contributed by atoms with van der Waals surface area (Å²) in [4.78, 5) is 6.71. The molecule has 0 aliphatic carbocycles. The Bertz CT molecular complexity index is 746. The fourth-order valence-corrected chi connectivity index (χ4v) is 2.77. The number of aryl methyl sites for hydroxylation is 1. The van der Waals surface area contributed by atoms with Gasteiger partial charge in [-0.2, -0.15) is 10.1 Å². The molecule has 2 aromatic heterocycles. The molecule has 6 heteroatoms. The zero-order chi connectivity index (χ0) is 14.9. The molecule has 0 N–H and O–H groups in total. The molecule has 0 saturated carbocycles. The predicted octanol–water partition coefficient (Wildman–Crippen LogP) is 2.24. The van der Waals surface area contributed by atoms with Crippen molar-refractivity contribution in [2.45, 2.75) is 19.6 Å². The highest BCUT2D eigenvalue weighted by atomic mass is 16.5. The topological polar surface area (TPSA) is 56.3 Å². The normalized spacial score (nSPS) is 19.0. The summed E-state index contributed by atoms with van der Waals surface area (Å²) in [5.74, 6) is 0. The Labute approximate surface area is 128 Å². The zero-order valence-corrected chi connectivity index (χ0v) is 12.5. The van der Waals surface area contributed by atoms with Crippen LogP contribution >= 0.6 is 0 Å². The molecule has 6 nitrogen and oxygen atoms in total. The third-order valence-electron chi connectivity index (χ3n) is 3.84. The van der Waals surface area contributed by atoms with Crippen LogP contribution in [0.1, 0.15) is 5.56 Å². The van der Waals surface area contributed by atoms with Crippen molar-refractivity contribution in [1.29, 1.82) is 0 Å². The standard InChI is InChI=1S/C16H18N4O2/c1-12-8-17-20(9-12)11-13-10-19(6-7-21-13)16-18-14-4-2-3-5-15(14)22-16/h2-5,8-9,13H,6-7,10-11H2,1H3/t13-/m1/s1. The van der Waals surface area contributed by atoms with Crippen LogP contribution in [-0.2, 0) is 11.3 Å². The minimum absolute atomic E-state index is 0.0862. The highest BCUT2D eigenvalue weighted by Gasteiger charge is 2.24.